The van der Waals surface area contributed by atoms with Crippen LogP contribution in [0.25, 0.3) is 0 Å². The number of benzene rings is 1. The molecule has 1 aliphatic carbocycles. The summed E-state index contributed by atoms with van der Waals surface area (Å²) in [5.74, 6) is -0.769. The second-order valence-corrected chi connectivity index (χ2v) is 5.08. The Labute approximate surface area is 128 Å². The van der Waals surface area contributed by atoms with E-state index >= 15 is 0 Å². The molecule has 0 spiro atoms. The van der Waals surface area contributed by atoms with E-state index in [1.165, 1.54) is 0 Å². The predicted octanol–water partition coefficient (Wildman–Crippen LogP) is 2.26. The van der Waals surface area contributed by atoms with Gasteiger partial charge in [0.2, 0.25) is 0 Å². The Hall–Kier alpha value is -2.63. The summed E-state index contributed by atoms with van der Waals surface area (Å²) in [6, 6.07) is 5.54. The molecule has 3 N–H and O–H groups in total. The Balaban J connectivity index is 1.85. The molecule has 1 aromatic carbocycles. The van der Waals surface area contributed by atoms with Gasteiger partial charge in [0.05, 0.1) is 5.92 Å². The number of esters is 1. The van der Waals surface area contributed by atoms with Gasteiger partial charge in [0.1, 0.15) is 0 Å². The fourth-order valence-corrected chi connectivity index (χ4v) is 2.23. The average Bonchev–Trinajstić information content (AvgIpc) is 2.53. The SMILES string of the molecule is NC(=O)Nc1ccc(C(=O)COC(=O)[C@H]2CC=CCC2)cc1. The number of allylic oxidation sites excluding steroid dienone is 2. The summed E-state index contributed by atoms with van der Waals surface area (Å²) >= 11 is 0. The van der Waals surface area contributed by atoms with Crippen molar-refractivity contribution in [1.82, 2.24) is 0 Å². The molecular weight excluding hydrogens is 284 g/mol. The summed E-state index contributed by atoms with van der Waals surface area (Å²) in [6.45, 7) is -0.276. The molecule has 0 aliphatic heterocycles. The molecule has 1 aliphatic rings. The second kappa shape index (κ2) is 7.40. The standard InChI is InChI=1S/C16H18N2O4/c17-16(21)18-13-8-6-11(7-9-13)14(19)10-22-15(20)12-4-2-1-3-5-12/h1-2,6-9,12H,3-5,10H2,(H3,17,18,21)/t12-/m0/s1. The van der Waals surface area contributed by atoms with E-state index in [0.717, 1.165) is 12.8 Å². The van der Waals surface area contributed by atoms with Gasteiger partial charge in [-0.15, -0.1) is 0 Å². The third-order valence-electron chi connectivity index (χ3n) is 3.42. The Kier molecular flexibility index (Phi) is 5.30. The van der Waals surface area contributed by atoms with Crippen LogP contribution in [0.4, 0.5) is 10.5 Å². The number of anilines is 1. The molecule has 0 saturated heterocycles. The number of Topliss-reactive ketones (excluding diaryl/α,β-unsaturated/α-hetero) is 1. The number of hydrogen-bond donors (Lipinski definition) is 2. The lowest BCUT2D eigenvalue weighted by Gasteiger charge is -2.16. The lowest BCUT2D eigenvalue weighted by molar-refractivity contribution is -0.147. The summed E-state index contributed by atoms with van der Waals surface area (Å²) in [4.78, 5) is 34.5. The first-order valence-corrected chi connectivity index (χ1v) is 7.07. The molecule has 0 radical (unpaired) electrons. The number of carbonyl (C=O) groups is 3. The first-order valence-electron chi connectivity index (χ1n) is 7.07. The van der Waals surface area contributed by atoms with Crippen LogP contribution in [-0.2, 0) is 9.53 Å². The Morgan fingerprint density at radius 2 is 1.91 bits per heavy atom. The van der Waals surface area contributed by atoms with Crippen LogP contribution in [0.3, 0.4) is 0 Å². The maximum atomic E-state index is 12.0. The highest BCUT2D eigenvalue weighted by molar-refractivity contribution is 5.98. The summed E-state index contributed by atoms with van der Waals surface area (Å²) in [5.41, 5.74) is 5.90. The Bertz CT molecular complexity index is 593. The molecule has 0 saturated carbocycles. The number of primary amides is 1. The van der Waals surface area contributed by atoms with Crippen LogP contribution >= 0.6 is 0 Å². The van der Waals surface area contributed by atoms with Crippen LogP contribution < -0.4 is 11.1 Å². The number of ether oxygens (including phenoxy) is 1. The van der Waals surface area contributed by atoms with E-state index in [9.17, 15) is 14.4 Å². The quantitative estimate of drug-likeness (QED) is 0.495. The summed E-state index contributed by atoms with van der Waals surface area (Å²) in [7, 11) is 0. The van der Waals surface area contributed by atoms with Crippen LogP contribution in [0.1, 0.15) is 29.6 Å². The van der Waals surface area contributed by atoms with E-state index < -0.39 is 6.03 Å². The molecule has 0 unspecified atom stereocenters. The van der Waals surface area contributed by atoms with Gasteiger partial charge >= 0.3 is 12.0 Å². The van der Waals surface area contributed by atoms with Crippen LogP contribution in [0.15, 0.2) is 36.4 Å². The number of hydrogen-bond acceptors (Lipinski definition) is 4. The molecule has 22 heavy (non-hydrogen) atoms. The van der Waals surface area contributed by atoms with Gasteiger partial charge in [0.15, 0.2) is 12.4 Å². The highest BCUT2D eigenvalue weighted by atomic mass is 16.5. The summed E-state index contributed by atoms with van der Waals surface area (Å²) < 4.78 is 5.08. The molecule has 0 bridgehead atoms. The van der Waals surface area contributed by atoms with Crippen molar-refractivity contribution in [2.24, 2.45) is 11.7 Å². The number of amides is 2. The number of nitrogens with one attached hydrogen (secondary N) is 1. The van der Waals surface area contributed by atoms with Gasteiger partial charge in [-0.25, -0.2) is 4.79 Å². The van der Waals surface area contributed by atoms with Crippen molar-refractivity contribution >= 4 is 23.5 Å². The lowest BCUT2D eigenvalue weighted by Crippen LogP contribution is -2.22. The molecule has 6 heteroatoms. The highest BCUT2D eigenvalue weighted by Gasteiger charge is 2.21. The third kappa shape index (κ3) is 4.44. The van der Waals surface area contributed by atoms with Crippen LogP contribution in [0, 0.1) is 5.92 Å². The predicted molar refractivity (Wildman–Crippen MR) is 81.4 cm³/mol. The molecule has 1 aromatic rings. The number of rotatable bonds is 5. The van der Waals surface area contributed by atoms with E-state index in [0.29, 0.717) is 17.7 Å². The zero-order valence-electron chi connectivity index (χ0n) is 12.1. The normalized spacial score (nSPS) is 16.8. The van der Waals surface area contributed by atoms with Gasteiger partial charge < -0.3 is 15.8 Å². The van der Waals surface area contributed by atoms with E-state index in [2.05, 4.69) is 5.32 Å². The van der Waals surface area contributed by atoms with Crippen molar-refractivity contribution < 1.29 is 19.1 Å². The fourth-order valence-electron chi connectivity index (χ4n) is 2.23. The summed E-state index contributed by atoms with van der Waals surface area (Å²) in [6.07, 6.45) is 6.29. The summed E-state index contributed by atoms with van der Waals surface area (Å²) in [5, 5.41) is 2.40. The maximum absolute atomic E-state index is 12.0. The molecular formula is C16H18N2O4. The zero-order chi connectivity index (χ0) is 15.9. The minimum absolute atomic E-state index is 0.153. The highest BCUT2D eigenvalue weighted by Crippen LogP contribution is 2.19. The molecule has 0 aromatic heterocycles. The van der Waals surface area contributed by atoms with Crippen LogP contribution in [-0.4, -0.2) is 24.4 Å². The van der Waals surface area contributed by atoms with Crippen molar-refractivity contribution in [3.63, 3.8) is 0 Å². The van der Waals surface area contributed by atoms with Gasteiger partial charge in [0, 0.05) is 11.3 Å². The maximum Gasteiger partial charge on any atom is 0.316 e. The largest absolute Gasteiger partial charge is 0.457 e. The van der Waals surface area contributed by atoms with E-state index in [-0.39, 0.29) is 24.3 Å². The first kappa shape index (κ1) is 15.8. The number of urea groups is 1. The van der Waals surface area contributed by atoms with Gasteiger partial charge in [-0.2, -0.15) is 0 Å². The van der Waals surface area contributed by atoms with Gasteiger partial charge in [-0.1, -0.05) is 12.2 Å². The van der Waals surface area contributed by atoms with Crippen LogP contribution in [0.2, 0.25) is 0 Å². The van der Waals surface area contributed by atoms with E-state index in [4.69, 9.17) is 10.5 Å². The Morgan fingerprint density at radius 3 is 2.50 bits per heavy atom. The van der Waals surface area contributed by atoms with Crippen molar-refractivity contribution in [2.75, 3.05) is 11.9 Å². The topological polar surface area (TPSA) is 98.5 Å². The second-order valence-electron chi connectivity index (χ2n) is 5.08. The van der Waals surface area contributed by atoms with Crippen LogP contribution in [0.5, 0.6) is 0 Å². The smallest absolute Gasteiger partial charge is 0.316 e. The van der Waals surface area contributed by atoms with Crippen molar-refractivity contribution in [3.8, 4) is 0 Å². The number of nitrogens with two attached hydrogens (primary N) is 1. The minimum atomic E-state index is -0.672. The van der Waals surface area contributed by atoms with Crippen molar-refractivity contribution in [3.05, 3.63) is 42.0 Å². The van der Waals surface area contributed by atoms with E-state index in [1.807, 2.05) is 12.2 Å². The van der Waals surface area contributed by atoms with Crippen molar-refractivity contribution in [2.45, 2.75) is 19.3 Å². The minimum Gasteiger partial charge on any atom is -0.457 e. The molecule has 1 atom stereocenters. The first-order chi connectivity index (χ1) is 10.6. The Morgan fingerprint density at radius 1 is 1.18 bits per heavy atom. The zero-order valence-corrected chi connectivity index (χ0v) is 12.1. The average molecular weight is 302 g/mol. The third-order valence-corrected chi connectivity index (χ3v) is 3.42. The molecule has 2 rings (SSSR count). The van der Waals surface area contributed by atoms with Crippen molar-refractivity contribution in [1.29, 1.82) is 0 Å². The van der Waals surface area contributed by atoms with Gasteiger partial charge in [-0.05, 0) is 43.5 Å². The van der Waals surface area contributed by atoms with E-state index in [1.54, 1.807) is 24.3 Å². The monoisotopic (exact) mass is 302 g/mol. The lowest BCUT2D eigenvalue weighted by atomic mass is 9.95. The molecule has 2 amide bonds. The molecule has 0 fully saturated rings. The molecule has 6 nitrogen and oxygen atoms in total. The van der Waals surface area contributed by atoms with Gasteiger partial charge in [0.25, 0.3) is 0 Å². The molecule has 116 valence electrons. The number of ketones is 1. The van der Waals surface area contributed by atoms with Gasteiger partial charge in [-0.3, -0.25) is 9.59 Å². The molecule has 0 heterocycles. The fraction of sp³-hybridized carbons (Fsp3) is 0.312. The number of carbonyl (C=O) groups excluding carboxylic acids is 3.